The quantitative estimate of drug-likeness (QED) is 0.890. The molecule has 6 heteroatoms. The molecule has 1 fully saturated rings. The third-order valence-electron chi connectivity index (χ3n) is 4.51. The zero-order chi connectivity index (χ0) is 18.5. The summed E-state index contributed by atoms with van der Waals surface area (Å²) in [5, 5.41) is 0. The van der Waals surface area contributed by atoms with E-state index in [0.717, 1.165) is 13.1 Å². The molecule has 0 saturated carbocycles. The van der Waals surface area contributed by atoms with Crippen molar-refractivity contribution in [3.05, 3.63) is 59.7 Å². The molecule has 0 aliphatic carbocycles. The van der Waals surface area contributed by atoms with Gasteiger partial charge in [0.25, 0.3) is 11.8 Å². The number of carbonyl (C=O) groups excluding carboxylic acids is 2. The molecule has 0 aromatic heterocycles. The number of amides is 2. The molecule has 0 spiro atoms. The Balaban J connectivity index is 1.58. The van der Waals surface area contributed by atoms with E-state index in [1.807, 2.05) is 17.0 Å². The molecule has 136 valence electrons. The molecule has 2 aromatic carbocycles. The lowest BCUT2D eigenvalue weighted by Crippen LogP contribution is -2.49. The summed E-state index contributed by atoms with van der Waals surface area (Å²) in [7, 11) is 0. The second-order valence-electron chi connectivity index (χ2n) is 6.35. The maximum Gasteiger partial charge on any atom is 0.255 e. The first-order valence-corrected chi connectivity index (χ1v) is 8.65. The largest absolute Gasteiger partial charge is 0.484 e. The van der Waals surface area contributed by atoms with Crippen molar-refractivity contribution in [1.82, 2.24) is 4.90 Å². The Morgan fingerprint density at radius 1 is 1.00 bits per heavy atom. The van der Waals surface area contributed by atoms with Gasteiger partial charge in [-0.1, -0.05) is 18.2 Å². The van der Waals surface area contributed by atoms with Crippen molar-refractivity contribution < 1.29 is 14.3 Å². The lowest BCUT2D eigenvalue weighted by molar-refractivity contribution is -0.119. The fourth-order valence-corrected chi connectivity index (χ4v) is 3.10. The van der Waals surface area contributed by atoms with Crippen LogP contribution >= 0.6 is 0 Å². The first-order valence-electron chi connectivity index (χ1n) is 8.65. The highest BCUT2D eigenvalue weighted by Crippen LogP contribution is 2.21. The van der Waals surface area contributed by atoms with E-state index in [4.69, 9.17) is 10.5 Å². The molecule has 1 aliphatic heterocycles. The molecule has 2 amide bonds. The molecule has 6 nitrogen and oxygen atoms in total. The average molecular weight is 353 g/mol. The van der Waals surface area contributed by atoms with Gasteiger partial charge in [-0.05, 0) is 42.8 Å². The number of benzene rings is 2. The number of nitrogens with two attached hydrogens (primary N) is 1. The second kappa shape index (κ2) is 7.91. The van der Waals surface area contributed by atoms with Crippen LogP contribution in [-0.4, -0.2) is 49.5 Å². The topological polar surface area (TPSA) is 75.9 Å². The van der Waals surface area contributed by atoms with Crippen molar-refractivity contribution in [3.8, 4) is 5.75 Å². The van der Waals surface area contributed by atoms with Gasteiger partial charge in [0.1, 0.15) is 5.75 Å². The minimum Gasteiger partial charge on any atom is -0.484 e. The van der Waals surface area contributed by atoms with Crippen LogP contribution in [0.5, 0.6) is 5.75 Å². The van der Waals surface area contributed by atoms with Crippen molar-refractivity contribution in [1.29, 1.82) is 0 Å². The van der Waals surface area contributed by atoms with Crippen molar-refractivity contribution >= 4 is 17.5 Å². The van der Waals surface area contributed by atoms with Crippen molar-refractivity contribution in [2.75, 3.05) is 37.7 Å². The lowest BCUT2D eigenvalue weighted by atomic mass is 10.1. The van der Waals surface area contributed by atoms with Gasteiger partial charge in [-0.15, -0.1) is 0 Å². The first kappa shape index (κ1) is 17.8. The van der Waals surface area contributed by atoms with Gasteiger partial charge in [0.15, 0.2) is 6.61 Å². The minimum absolute atomic E-state index is 0.0101. The van der Waals surface area contributed by atoms with Gasteiger partial charge in [0.05, 0.1) is 0 Å². The summed E-state index contributed by atoms with van der Waals surface area (Å²) in [6, 6.07) is 15.1. The molecule has 0 radical (unpaired) electrons. The fraction of sp³-hybridized carbons (Fsp3) is 0.300. The van der Waals surface area contributed by atoms with E-state index >= 15 is 0 Å². The molecule has 26 heavy (non-hydrogen) atoms. The third kappa shape index (κ3) is 4.14. The molecule has 0 bridgehead atoms. The SMILES string of the molecule is Cc1ccccc1N1CCN(C(=O)c2ccc(OCC(N)=O)cc2)CC1. The van der Waals surface area contributed by atoms with E-state index in [2.05, 4.69) is 24.0 Å². The number of nitrogens with zero attached hydrogens (tertiary/aromatic N) is 2. The Hall–Kier alpha value is -3.02. The summed E-state index contributed by atoms with van der Waals surface area (Å²) in [5.74, 6) is -0.00252. The van der Waals surface area contributed by atoms with Gasteiger partial charge in [-0.2, -0.15) is 0 Å². The summed E-state index contributed by atoms with van der Waals surface area (Å²) in [6.45, 7) is 4.94. The number of piperazine rings is 1. The van der Waals surface area contributed by atoms with E-state index < -0.39 is 5.91 Å². The molecule has 2 N–H and O–H groups in total. The zero-order valence-corrected chi connectivity index (χ0v) is 14.9. The molecular weight excluding hydrogens is 330 g/mol. The number of anilines is 1. The monoisotopic (exact) mass is 353 g/mol. The molecule has 1 aliphatic rings. The maximum absolute atomic E-state index is 12.7. The molecule has 0 atom stereocenters. The Labute approximate surface area is 153 Å². The van der Waals surface area contributed by atoms with Crippen LogP contribution in [0.1, 0.15) is 15.9 Å². The maximum atomic E-state index is 12.7. The van der Waals surface area contributed by atoms with Crippen LogP contribution in [0.4, 0.5) is 5.69 Å². The standard InChI is InChI=1S/C20H23N3O3/c1-15-4-2-3-5-18(15)22-10-12-23(13-11-22)20(25)16-6-8-17(9-7-16)26-14-19(21)24/h2-9H,10-14H2,1H3,(H2,21,24). The second-order valence-corrected chi connectivity index (χ2v) is 6.35. The summed E-state index contributed by atoms with van der Waals surface area (Å²) < 4.78 is 5.22. The highest BCUT2D eigenvalue weighted by atomic mass is 16.5. The zero-order valence-electron chi connectivity index (χ0n) is 14.9. The number of rotatable bonds is 5. The number of aryl methyl sites for hydroxylation is 1. The van der Waals surface area contributed by atoms with Gasteiger partial charge in [0, 0.05) is 37.4 Å². The number of hydrogen-bond donors (Lipinski definition) is 1. The predicted octanol–water partition coefficient (Wildman–Crippen LogP) is 1.82. The van der Waals surface area contributed by atoms with Gasteiger partial charge in [0.2, 0.25) is 0 Å². The van der Waals surface area contributed by atoms with E-state index in [1.165, 1.54) is 11.3 Å². The first-order chi connectivity index (χ1) is 12.5. The van der Waals surface area contributed by atoms with Crippen LogP contribution in [0.15, 0.2) is 48.5 Å². The Morgan fingerprint density at radius 2 is 1.65 bits per heavy atom. The normalized spacial score (nSPS) is 14.2. The number of primary amides is 1. The van der Waals surface area contributed by atoms with Gasteiger partial charge in [-0.3, -0.25) is 9.59 Å². The Kier molecular flexibility index (Phi) is 5.41. The van der Waals surface area contributed by atoms with Gasteiger partial charge >= 0.3 is 0 Å². The molecule has 3 rings (SSSR count). The summed E-state index contributed by atoms with van der Waals surface area (Å²) >= 11 is 0. The smallest absolute Gasteiger partial charge is 0.255 e. The predicted molar refractivity (Wildman–Crippen MR) is 100 cm³/mol. The van der Waals surface area contributed by atoms with Gasteiger partial charge in [-0.25, -0.2) is 0 Å². The van der Waals surface area contributed by atoms with Gasteiger partial charge < -0.3 is 20.3 Å². The van der Waals surface area contributed by atoms with Crippen LogP contribution in [-0.2, 0) is 4.79 Å². The van der Waals surface area contributed by atoms with E-state index in [1.54, 1.807) is 24.3 Å². The third-order valence-corrected chi connectivity index (χ3v) is 4.51. The summed E-state index contributed by atoms with van der Waals surface area (Å²) in [6.07, 6.45) is 0. The molecular formula is C20H23N3O3. The minimum atomic E-state index is -0.531. The number of ether oxygens (including phenoxy) is 1. The number of para-hydroxylation sites is 1. The van der Waals surface area contributed by atoms with Crippen LogP contribution in [0.25, 0.3) is 0 Å². The molecule has 2 aromatic rings. The van der Waals surface area contributed by atoms with Crippen molar-refractivity contribution in [2.24, 2.45) is 5.73 Å². The molecule has 1 heterocycles. The van der Waals surface area contributed by atoms with Crippen molar-refractivity contribution in [2.45, 2.75) is 6.92 Å². The Bertz CT molecular complexity index is 781. The molecule has 1 saturated heterocycles. The van der Waals surface area contributed by atoms with Crippen LogP contribution in [0.3, 0.4) is 0 Å². The fourth-order valence-electron chi connectivity index (χ4n) is 3.10. The van der Waals surface area contributed by atoms with Crippen LogP contribution in [0, 0.1) is 6.92 Å². The number of hydrogen-bond acceptors (Lipinski definition) is 4. The molecule has 0 unspecified atom stereocenters. The lowest BCUT2D eigenvalue weighted by Gasteiger charge is -2.36. The van der Waals surface area contributed by atoms with E-state index in [9.17, 15) is 9.59 Å². The van der Waals surface area contributed by atoms with Crippen molar-refractivity contribution in [3.63, 3.8) is 0 Å². The van der Waals surface area contributed by atoms with Crippen LogP contribution < -0.4 is 15.4 Å². The van der Waals surface area contributed by atoms with E-state index in [-0.39, 0.29) is 12.5 Å². The summed E-state index contributed by atoms with van der Waals surface area (Å²) in [5.41, 5.74) is 8.14. The summed E-state index contributed by atoms with van der Waals surface area (Å²) in [4.78, 5) is 27.6. The van der Waals surface area contributed by atoms with E-state index in [0.29, 0.717) is 24.4 Å². The number of carbonyl (C=O) groups is 2. The highest BCUT2D eigenvalue weighted by Gasteiger charge is 2.22. The van der Waals surface area contributed by atoms with Crippen LogP contribution in [0.2, 0.25) is 0 Å². The average Bonchev–Trinajstić information content (AvgIpc) is 2.67. The Morgan fingerprint density at radius 3 is 2.27 bits per heavy atom. The highest BCUT2D eigenvalue weighted by molar-refractivity contribution is 5.94.